The number of carbonyl (C=O) groups is 2. The highest BCUT2D eigenvalue weighted by molar-refractivity contribution is 8.18. The number of carbonyl (C=O) groups excluding carboxylic acids is 2. The predicted octanol–water partition coefficient (Wildman–Crippen LogP) is 4.61. The van der Waals surface area contributed by atoms with Gasteiger partial charge in [0.25, 0.3) is 5.91 Å². The van der Waals surface area contributed by atoms with E-state index in [2.05, 4.69) is 15.6 Å². The molecule has 1 fully saturated rings. The summed E-state index contributed by atoms with van der Waals surface area (Å²) in [6.07, 6.45) is 1.56. The molecule has 35 heavy (non-hydrogen) atoms. The van der Waals surface area contributed by atoms with E-state index in [1.54, 1.807) is 24.3 Å². The molecule has 1 heterocycles. The van der Waals surface area contributed by atoms with Crippen LogP contribution in [0.15, 0.2) is 87.6 Å². The summed E-state index contributed by atoms with van der Waals surface area (Å²) in [5, 5.41) is 5.72. The normalized spacial score (nSPS) is 15.8. The van der Waals surface area contributed by atoms with E-state index in [9.17, 15) is 18.0 Å². The van der Waals surface area contributed by atoms with E-state index in [1.807, 2.05) is 31.2 Å². The summed E-state index contributed by atoms with van der Waals surface area (Å²) in [5.74, 6) is -0.532. The van der Waals surface area contributed by atoms with Crippen LogP contribution >= 0.6 is 11.8 Å². The fourth-order valence-corrected chi connectivity index (χ4v) is 4.89. The molecule has 0 unspecified atom stereocenters. The molecule has 1 aliphatic heterocycles. The second-order valence-corrected chi connectivity index (χ2v) is 10.2. The van der Waals surface area contributed by atoms with Crippen molar-refractivity contribution in [2.24, 2.45) is 4.99 Å². The van der Waals surface area contributed by atoms with Crippen LogP contribution in [0.5, 0.6) is 5.75 Å². The number of aliphatic imine (C=N–C) groups is 1. The first kappa shape index (κ1) is 24.2. The van der Waals surface area contributed by atoms with Crippen LogP contribution in [0.3, 0.4) is 0 Å². The van der Waals surface area contributed by atoms with E-state index in [-0.39, 0.29) is 22.5 Å². The zero-order chi connectivity index (χ0) is 25.0. The molecule has 0 aromatic heterocycles. The average Bonchev–Trinajstić information content (AvgIpc) is 3.15. The maximum atomic E-state index is 12.8. The molecule has 3 aromatic carbocycles. The first-order chi connectivity index (χ1) is 16.7. The molecule has 2 amide bonds. The van der Waals surface area contributed by atoms with Crippen molar-refractivity contribution >= 4 is 56.3 Å². The highest BCUT2D eigenvalue weighted by Gasteiger charge is 2.25. The lowest BCUT2D eigenvalue weighted by molar-refractivity contribution is -0.115. The summed E-state index contributed by atoms with van der Waals surface area (Å²) in [4.78, 5) is 28.4. The molecule has 0 aliphatic carbocycles. The fraction of sp³-hybridized carbons (Fsp3) is 0.0800. The van der Waals surface area contributed by atoms with Gasteiger partial charge in [0, 0.05) is 18.2 Å². The Kier molecular flexibility index (Phi) is 7.04. The maximum Gasteiger partial charge on any atom is 0.339 e. The SMILES string of the molecule is CC(=O)Nc1ccc(S(=O)(=O)Oc2ccccc2C=C2SC(=Nc3ccc(C)cc3)NC2=O)cc1. The second-order valence-electron chi connectivity index (χ2n) is 7.60. The number of nitrogens with one attached hydrogen (secondary N) is 2. The summed E-state index contributed by atoms with van der Waals surface area (Å²) >= 11 is 1.15. The van der Waals surface area contributed by atoms with E-state index in [1.165, 1.54) is 37.3 Å². The van der Waals surface area contributed by atoms with Gasteiger partial charge in [-0.15, -0.1) is 0 Å². The van der Waals surface area contributed by atoms with Crippen molar-refractivity contribution in [3.8, 4) is 5.75 Å². The minimum absolute atomic E-state index is 0.0725. The van der Waals surface area contributed by atoms with Crippen molar-refractivity contribution < 1.29 is 22.2 Å². The van der Waals surface area contributed by atoms with E-state index in [0.717, 1.165) is 17.3 Å². The molecule has 8 nitrogen and oxygen atoms in total. The van der Waals surface area contributed by atoms with Gasteiger partial charge in [-0.25, -0.2) is 4.99 Å². The summed E-state index contributed by atoms with van der Waals surface area (Å²) in [6, 6.07) is 19.7. The van der Waals surface area contributed by atoms with Crippen LogP contribution in [0, 0.1) is 6.92 Å². The molecule has 178 valence electrons. The molecular formula is C25H21N3O5S2. The topological polar surface area (TPSA) is 114 Å². The van der Waals surface area contributed by atoms with Crippen molar-refractivity contribution in [3.05, 3.63) is 88.8 Å². The van der Waals surface area contributed by atoms with Gasteiger partial charge in [-0.3, -0.25) is 9.59 Å². The molecular weight excluding hydrogens is 486 g/mol. The van der Waals surface area contributed by atoms with Crippen molar-refractivity contribution in [1.82, 2.24) is 5.32 Å². The number of amidine groups is 1. The molecule has 0 spiro atoms. The van der Waals surface area contributed by atoms with Crippen LogP contribution in [-0.4, -0.2) is 25.4 Å². The average molecular weight is 508 g/mol. The lowest BCUT2D eigenvalue weighted by Gasteiger charge is -2.10. The molecule has 0 saturated carbocycles. The summed E-state index contributed by atoms with van der Waals surface area (Å²) in [7, 11) is -4.16. The number of rotatable bonds is 6. The van der Waals surface area contributed by atoms with E-state index < -0.39 is 10.1 Å². The van der Waals surface area contributed by atoms with E-state index in [0.29, 0.717) is 27.0 Å². The lowest BCUT2D eigenvalue weighted by atomic mass is 10.2. The van der Waals surface area contributed by atoms with Gasteiger partial charge in [-0.2, -0.15) is 8.42 Å². The Labute approximate surface area is 207 Å². The number of anilines is 1. The molecule has 0 radical (unpaired) electrons. The van der Waals surface area contributed by atoms with Crippen LogP contribution < -0.4 is 14.8 Å². The Hall–Kier alpha value is -3.89. The number of nitrogens with zero attached hydrogens (tertiary/aromatic N) is 1. The molecule has 10 heteroatoms. The van der Waals surface area contributed by atoms with Gasteiger partial charge in [0.15, 0.2) is 5.17 Å². The van der Waals surface area contributed by atoms with Gasteiger partial charge in [0.1, 0.15) is 10.6 Å². The molecule has 3 aromatic rings. The minimum Gasteiger partial charge on any atom is -0.378 e. The van der Waals surface area contributed by atoms with Gasteiger partial charge >= 0.3 is 10.1 Å². The lowest BCUT2D eigenvalue weighted by Crippen LogP contribution is -2.19. The van der Waals surface area contributed by atoms with Gasteiger partial charge in [-0.05, 0) is 67.2 Å². The second kappa shape index (κ2) is 10.2. The zero-order valence-electron chi connectivity index (χ0n) is 18.8. The van der Waals surface area contributed by atoms with E-state index in [4.69, 9.17) is 4.18 Å². The zero-order valence-corrected chi connectivity index (χ0v) is 20.4. The standard InChI is InChI=1S/C25H21N3O5S2/c1-16-7-9-20(10-8-16)27-25-28-24(30)23(34-25)15-18-5-3-4-6-22(18)33-35(31,32)21-13-11-19(12-14-21)26-17(2)29/h3-15H,1-2H3,(H,26,29)(H,27,28,30). The molecule has 2 N–H and O–H groups in total. The maximum absolute atomic E-state index is 12.8. The quantitative estimate of drug-likeness (QED) is 0.372. The van der Waals surface area contributed by atoms with Crippen LogP contribution in [0.4, 0.5) is 11.4 Å². The first-order valence-corrected chi connectivity index (χ1v) is 12.7. The Morgan fingerprint density at radius 3 is 2.40 bits per heavy atom. The van der Waals surface area contributed by atoms with Gasteiger partial charge in [-0.1, -0.05) is 35.9 Å². The summed E-state index contributed by atoms with van der Waals surface area (Å²) in [6.45, 7) is 3.34. The van der Waals surface area contributed by atoms with Crippen LogP contribution in [0.2, 0.25) is 0 Å². The number of amides is 2. The number of thioether (sulfide) groups is 1. The van der Waals surface area contributed by atoms with Crippen molar-refractivity contribution in [3.63, 3.8) is 0 Å². The number of hydrogen-bond donors (Lipinski definition) is 2. The summed E-state index contributed by atoms with van der Waals surface area (Å²) in [5.41, 5.74) is 2.70. The Morgan fingerprint density at radius 2 is 1.71 bits per heavy atom. The van der Waals surface area contributed by atoms with Crippen molar-refractivity contribution in [2.75, 3.05) is 5.32 Å². The third-order valence-corrected chi connectivity index (χ3v) is 6.94. The fourth-order valence-electron chi connectivity index (χ4n) is 3.11. The highest BCUT2D eigenvalue weighted by Crippen LogP contribution is 2.32. The molecule has 0 atom stereocenters. The smallest absolute Gasteiger partial charge is 0.339 e. The third kappa shape index (κ3) is 6.17. The Bertz CT molecular complexity index is 1450. The minimum atomic E-state index is -4.16. The molecule has 1 saturated heterocycles. The number of aryl methyl sites for hydroxylation is 1. The monoisotopic (exact) mass is 507 g/mol. The first-order valence-electron chi connectivity index (χ1n) is 10.5. The van der Waals surface area contributed by atoms with Gasteiger partial charge < -0.3 is 14.8 Å². The number of benzene rings is 3. The molecule has 0 bridgehead atoms. The number of hydrogen-bond acceptors (Lipinski definition) is 7. The highest BCUT2D eigenvalue weighted by atomic mass is 32.2. The van der Waals surface area contributed by atoms with Crippen LogP contribution in [0.1, 0.15) is 18.1 Å². The van der Waals surface area contributed by atoms with Crippen molar-refractivity contribution in [2.45, 2.75) is 18.7 Å². The van der Waals surface area contributed by atoms with Crippen LogP contribution in [0.25, 0.3) is 6.08 Å². The molecule has 4 rings (SSSR count). The van der Waals surface area contributed by atoms with Crippen LogP contribution in [-0.2, 0) is 19.7 Å². The van der Waals surface area contributed by atoms with Crippen molar-refractivity contribution in [1.29, 1.82) is 0 Å². The van der Waals surface area contributed by atoms with Gasteiger partial charge in [0.2, 0.25) is 5.91 Å². The Balaban J connectivity index is 1.55. The number of para-hydroxylation sites is 1. The van der Waals surface area contributed by atoms with Gasteiger partial charge in [0.05, 0.1) is 10.6 Å². The molecule has 1 aliphatic rings. The predicted molar refractivity (Wildman–Crippen MR) is 137 cm³/mol. The van der Waals surface area contributed by atoms with E-state index >= 15 is 0 Å². The largest absolute Gasteiger partial charge is 0.378 e. The third-order valence-electron chi connectivity index (χ3n) is 4.78. The summed E-state index contributed by atoms with van der Waals surface area (Å²) < 4.78 is 31.1. The Morgan fingerprint density at radius 1 is 1.03 bits per heavy atom.